The molecule has 2 aromatic rings. The molecule has 1 aliphatic heterocycles. The van der Waals surface area contributed by atoms with Crippen LogP contribution in [0.3, 0.4) is 0 Å². The van der Waals surface area contributed by atoms with Gasteiger partial charge in [0.25, 0.3) is 0 Å². The summed E-state index contributed by atoms with van der Waals surface area (Å²) in [5, 5.41) is 17.6. The number of thiophene rings is 1. The van der Waals surface area contributed by atoms with Crippen LogP contribution in [0, 0.1) is 0 Å². The van der Waals surface area contributed by atoms with E-state index in [2.05, 4.69) is 27.1 Å². The van der Waals surface area contributed by atoms with E-state index in [4.69, 9.17) is 4.98 Å². The van der Waals surface area contributed by atoms with Gasteiger partial charge in [0.2, 0.25) is 0 Å². The molecule has 1 fully saturated rings. The Hall–Kier alpha value is -0.750. The minimum absolute atomic E-state index is 0.487. The molecule has 0 saturated carbocycles. The summed E-state index contributed by atoms with van der Waals surface area (Å²) in [4.78, 5) is 7.15. The molecule has 3 heterocycles. The summed E-state index contributed by atoms with van der Waals surface area (Å²) in [7, 11) is 0. The largest absolute Gasteiger partial charge is 0.390 e. The van der Waals surface area contributed by atoms with Crippen LogP contribution in [-0.4, -0.2) is 33.7 Å². The molecule has 2 aromatic heterocycles. The van der Waals surface area contributed by atoms with E-state index >= 15 is 0 Å². The third kappa shape index (κ3) is 3.47. The van der Waals surface area contributed by atoms with Crippen LogP contribution in [0.5, 0.6) is 0 Å². The first-order chi connectivity index (χ1) is 9.62. The molecule has 1 atom stereocenters. The van der Waals surface area contributed by atoms with Crippen molar-refractivity contribution in [2.75, 3.05) is 13.1 Å². The van der Waals surface area contributed by atoms with Crippen molar-refractivity contribution in [2.24, 2.45) is 0 Å². The summed E-state index contributed by atoms with van der Waals surface area (Å²) in [5.41, 5.74) is 1.89. The molecule has 0 bridgehead atoms. The van der Waals surface area contributed by atoms with Crippen LogP contribution in [0.4, 0.5) is 0 Å². The fourth-order valence-corrected chi connectivity index (χ4v) is 4.13. The molecule has 3 rings (SSSR count). The van der Waals surface area contributed by atoms with Gasteiger partial charge in [-0.3, -0.25) is 4.90 Å². The van der Waals surface area contributed by atoms with Crippen LogP contribution in [0.1, 0.15) is 31.9 Å². The van der Waals surface area contributed by atoms with E-state index in [1.165, 1.54) is 5.56 Å². The lowest BCUT2D eigenvalue weighted by Gasteiger charge is -2.21. The Labute approximate surface area is 127 Å². The molecule has 3 nitrogen and oxygen atoms in total. The minimum Gasteiger partial charge on any atom is -0.390 e. The molecular weight excluding hydrogens is 288 g/mol. The Balaban J connectivity index is 1.63. The minimum atomic E-state index is -0.487. The summed E-state index contributed by atoms with van der Waals surface area (Å²) in [6.07, 6.45) is 2.82. The molecule has 0 aliphatic carbocycles. The van der Waals surface area contributed by atoms with E-state index in [0.29, 0.717) is 0 Å². The molecule has 1 unspecified atom stereocenters. The highest BCUT2D eigenvalue weighted by molar-refractivity contribution is 7.14. The predicted molar refractivity (Wildman–Crippen MR) is 85.2 cm³/mol. The van der Waals surface area contributed by atoms with Crippen molar-refractivity contribution < 1.29 is 5.11 Å². The zero-order valence-corrected chi connectivity index (χ0v) is 13.3. The fraction of sp³-hybridized carbons (Fsp3) is 0.533. The van der Waals surface area contributed by atoms with E-state index in [-0.39, 0.29) is 0 Å². The van der Waals surface area contributed by atoms with Crippen molar-refractivity contribution in [3.05, 3.63) is 27.9 Å². The Morgan fingerprint density at radius 3 is 3.05 bits per heavy atom. The normalized spacial score (nSPS) is 24.7. The van der Waals surface area contributed by atoms with Crippen molar-refractivity contribution in [3.8, 4) is 10.6 Å². The number of thiazole rings is 1. The predicted octanol–water partition coefficient (Wildman–Crippen LogP) is 3.61. The maximum Gasteiger partial charge on any atom is 0.124 e. The van der Waals surface area contributed by atoms with Gasteiger partial charge in [-0.15, -0.1) is 11.3 Å². The van der Waals surface area contributed by atoms with E-state index in [9.17, 15) is 5.11 Å². The molecule has 0 radical (unpaired) electrons. The van der Waals surface area contributed by atoms with Gasteiger partial charge in [-0.1, -0.05) is 0 Å². The van der Waals surface area contributed by atoms with Gasteiger partial charge in [-0.05, 0) is 44.2 Å². The number of nitrogens with zero attached hydrogens (tertiary/aromatic N) is 2. The van der Waals surface area contributed by atoms with Crippen molar-refractivity contribution in [1.29, 1.82) is 0 Å². The molecule has 1 N–H and O–H groups in total. The molecule has 20 heavy (non-hydrogen) atoms. The molecule has 108 valence electrons. The first-order valence-electron chi connectivity index (χ1n) is 7.04. The van der Waals surface area contributed by atoms with Crippen molar-refractivity contribution >= 4 is 22.7 Å². The number of hydrogen-bond donors (Lipinski definition) is 1. The van der Waals surface area contributed by atoms with Gasteiger partial charge in [0.15, 0.2) is 0 Å². The average Bonchev–Trinajstić information content (AvgIpc) is 3.03. The molecule has 0 amide bonds. The third-order valence-electron chi connectivity index (χ3n) is 3.86. The molecule has 0 aromatic carbocycles. The smallest absolute Gasteiger partial charge is 0.124 e. The summed E-state index contributed by atoms with van der Waals surface area (Å²) < 4.78 is 0. The Morgan fingerprint density at radius 1 is 1.35 bits per heavy atom. The van der Waals surface area contributed by atoms with Gasteiger partial charge in [0, 0.05) is 29.4 Å². The van der Waals surface area contributed by atoms with Gasteiger partial charge >= 0.3 is 0 Å². The van der Waals surface area contributed by atoms with Crippen molar-refractivity contribution in [1.82, 2.24) is 9.88 Å². The van der Waals surface area contributed by atoms with E-state index in [1.54, 1.807) is 22.7 Å². The topological polar surface area (TPSA) is 36.4 Å². The SMILES string of the molecule is CC1(O)CCCN(Cc2csc(-c3ccsc3)n2)CC1. The van der Waals surface area contributed by atoms with Gasteiger partial charge in [-0.2, -0.15) is 11.3 Å². The monoisotopic (exact) mass is 308 g/mol. The van der Waals surface area contributed by atoms with Crippen LogP contribution < -0.4 is 0 Å². The quantitative estimate of drug-likeness (QED) is 0.941. The first kappa shape index (κ1) is 14.2. The van der Waals surface area contributed by atoms with Crippen LogP contribution in [0.2, 0.25) is 0 Å². The molecule has 0 spiro atoms. The lowest BCUT2D eigenvalue weighted by molar-refractivity contribution is 0.0444. The zero-order valence-electron chi connectivity index (χ0n) is 11.7. The van der Waals surface area contributed by atoms with Crippen LogP contribution in [0.15, 0.2) is 22.2 Å². The van der Waals surface area contributed by atoms with Crippen LogP contribution in [-0.2, 0) is 6.54 Å². The van der Waals surface area contributed by atoms with Gasteiger partial charge in [0.1, 0.15) is 5.01 Å². The summed E-state index contributed by atoms with van der Waals surface area (Å²) >= 11 is 3.43. The van der Waals surface area contributed by atoms with Gasteiger partial charge in [-0.25, -0.2) is 4.98 Å². The maximum atomic E-state index is 10.1. The lowest BCUT2D eigenvalue weighted by Crippen LogP contribution is -2.28. The number of aliphatic hydroxyl groups is 1. The van der Waals surface area contributed by atoms with Gasteiger partial charge in [0.05, 0.1) is 11.3 Å². The first-order valence-corrected chi connectivity index (χ1v) is 8.86. The second-order valence-electron chi connectivity index (χ2n) is 5.78. The van der Waals surface area contributed by atoms with Gasteiger partial charge < -0.3 is 5.11 Å². The second kappa shape index (κ2) is 5.93. The van der Waals surface area contributed by atoms with Crippen molar-refractivity contribution in [2.45, 2.75) is 38.3 Å². The molecule has 1 aliphatic rings. The number of hydrogen-bond acceptors (Lipinski definition) is 5. The third-order valence-corrected chi connectivity index (χ3v) is 5.49. The standard InChI is InChI=1S/C15H20N2OS2/c1-15(18)4-2-6-17(7-5-15)9-13-11-20-14(16-13)12-3-8-19-10-12/h3,8,10-11,18H,2,4-7,9H2,1H3. The van der Waals surface area contributed by atoms with E-state index in [1.807, 2.05) is 6.92 Å². The summed E-state index contributed by atoms with van der Waals surface area (Å²) in [6.45, 7) is 4.87. The second-order valence-corrected chi connectivity index (χ2v) is 7.42. The van der Waals surface area contributed by atoms with Crippen LogP contribution in [0.25, 0.3) is 10.6 Å². The molecular formula is C15H20N2OS2. The highest BCUT2D eigenvalue weighted by Gasteiger charge is 2.25. The maximum absolute atomic E-state index is 10.1. The van der Waals surface area contributed by atoms with Crippen LogP contribution >= 0.6 is 22.7 Å². The number of rotatable bonds is 3. The summed E-state index contributed by atoms with van der Waals surface area (Å²) in [5.74, 6) is 0. The van der Waals surface area contributed by atoms with Crippen molar-refractivity contribution in [3.63, 3.8) is 0 Å². The summed E-state index contributed by atoms with van der Waals surface area (Å²) in [6, 6.07) is 2.12. The number of likely N-dealkylation sites (tertiary alicyclic amines) is 1. The van der Waals surface area contributed by atoms with E-state index < -0.39 is 5.60 Å². The average molecular weight is 308 g/mol. The molecule has 5 heteroatoms. The zero-order chi connectivity index (χ0) is 14.0. The fourth-order valence-electron chi connectivity index (χ4n) is 2.60. The van der Waals surface area contributed by atoms with E-state index in [0.717, 1.165) is 49.6 Å². The number of aromatic nitrogens is 1. The highest BCUT2D eigenvalue weighted by Crippen LogP contribution is 2.27. The Kier molecular flexibility index (Phi) is 4.21. The molecule has 1 saturated heterocycles. The Morgan fingerprint density at radius 2 is 2.25 bits per heavy atom. The highest BCUT2D eigenvalue weighted by atomic mass is 32.1. The lowest BCUT2D eigenvalue weighted by atomic mass is 9.98. The Bertz CT molecular complexity index is 548.